The van der Waals surface area contributed by atoms with E-state index in [0.29, 0.717) is 13.0 Å². The average Bonchev–Trinajstić information content (AvgIpc) is 2.48. The Morgan fingerprint density at radius 3 is 2.52 bits per heavy atom. The lowest BCUT2D eigenvalue weighted by atomic mass is 9.97. The molecule has 110 valence electrons. The van der Waals surface area contributed by atoms with Crippen molar-refractivity contribution in [1.29, 1.82) is 0 Å². The minimum atomic E-state index is -0.415. The molecule has 1 atom stereocenters. The van der Waals surface area contributed by atoms with Crippen molar-refractivity contribution in [2.24, 2.45) is 0 Å². The third-order valence-electron chi connectivity index (χ3n) is 3.80. The van der Waals surface area contributed by atoms with Crippen LogP contribution >= 0.6 is 0 Å². The van der Waals surface area contributed by atoms with E-state index < -0.39 is 6.10 Å². The first-order chi connectivity index (χ1) is 10.1. The predicted molar refractivity (Wildman–Crippen MR) is 84.3 cm³/mol. The lowest BCUT2D eigenvalue weighted by molar-refractivity contribution is 0.115. The summed E-state index contributed by atoms with van der Waals surface area (Å²) in [7, 11) is 4.14. The lowest BCUT2D eigenvalue weighted by Gasteiger charge is -2.22. The molecule has 0 radical (unpaired) electrons. The van der Waals surface area contributed by atoms with E-state index in [1.807, 2.05) is 12.1 Å². The average molecular weight is 283 g/mol. The Morgan fingerprint density at radius 1 is 1.10 bits per heavy atom. The van der Waals surface area contributed by atoms with Crippen LogP contribution in [-0.2, 0) is 6.54 Å². The molecule has 0 saturated heterocycles. The number of aliphatic hydroxyl groups is 1. The van der Waals surface area contributed by atoms with Crippen LogP contribution in [0.25, 0.3) is 11.1 Å². The smallest absolute Gasteiger partial charge is 0.125 e. The highest BCUT2D eigenvalue weighted by Gasteiger charge is 2.19. The van der Waals surface area contributed by atoms with E-state index in [9.17, 15) is 5.11 Å². The van der Waals surface area contributed by atoms with E-state index in [-0.39, 0.29) is 0 Å². The maximum atomic E-state index is 10.1. The van der Waals surface area contributed by atoms with Gasteiger partial charge in [0, 0.05) is 18.5 Å². The highest BCUT2D eigenvalue weighted by molar-refractivity contribution is 5.66. The molecule has 0 saturated carbocycles. The van der Waals surface area contributed by atoms with Crippen LogP contribution in [0.3, 0.4) is 0 Å². The van der Waals surface area contributed by atoms with E-state index in [0.717, 1.165) is 29.0 Å². The predicted octanol–water partition coefficient (Wildman–Crippen LogP) is 3.23. The van der Waals surface area contributed by atoms with Crippen molar-refractivity contribution < 1.29 is 9.84 Å². The first-order valence-corrected chi connectivity index (χ1v) is 7.32. The summed E-state index contributed by atoms with van der Waals surface area (Å²) in [6.07, 6.45) is 0.250. The molecule has 0 aromatic heterocycles. The molecule has 3 nitrogen and oxygen atoms in total. The molecule has 0 amide bonds. The fourth-order valence-electron chi connectivity index (χ4n) is 2.72. The van der Waals surface area contributed by atoms with Gasteiger partial charge in [0.05, 0.1) is 12.7 Å². The minimum absolute atomic E-state index is 0.415. The molecule has 1 N–H and O–H groups in total. The Labute approximate surface area is 125 Å². The van der Waals surface area contributed by atoms with Crippen LogP contribution in [0.2, 0.25) is 0 Å². The summed E-state index contributed by atoms with van der Waals surface area (Å²) in [5, 5.41) is 10.1. The van der Waals surface area contributed by atoms with Crippen LogP contribution in [-0.4, -0.2) is 30.7 Å². The fraction of sp³-hybridized carbons (Fsp3) is 0.333. The third-order valence-corrected chi connectivity index (χ3v) is 3.80. The van der Waals surface area contributed by atoms with Gasteiger partial charge in [0.25, 0.3) is 0 Å². The Morgan fingerprint density at radius 2 is 1.81 bits per heavy atom. The van der Waals surface area contributed by atoms with Gasteiger partial charge in [-0.15, -0.1) is 0 Å². The Balaban J connectivity index is 1.88. The van der Waals surface area contributed by atoms with Gasteiger partial charge in [-0.05, 0) is 42.9 Å². The number of aliphatic hydroxyl groups excluding tert-OH is 1. The van der Waals surface area contributed by atoms with Crippen molar-refractivity contribution >= 4 is 0 Å². The molecule has 3 rings (SSSR count). The van der Waals surface area contributed by atoms with Crippen LogP contribution in [0, 0.1) is 0 Å². The minimum Gasteiger partial charge on any atom is -0.493 e. The van der Waals surface area contributed by atoms with Crippen LogP contribution in [0.15, 0.2) is 42.5 Å². The molecule has 1 heterocycles. The molecule has 1 aliphatic heterocycles. The lowest BCUT2D eigenvalue weighted by Crippen LogP contribution is -2.13. The summed E-state index contributed by atoms with van der Waals surface area (Å²) in [5.41, 5.74) is 4.48. The van der Waals surface area contributed by atoms with Crippen molar-refractivity contribution in [3.05, 3.63) is 53.6 Å². The molecule has 0 fully saturated rings. The summed E-state index contributed by atoms with van der Waals surface area (Å²) in [6.45, 7) is 1.53. The largest absolute Gasteiger partial charge is 0.493 e. The number of hydrogen-bond acceptors (Lipinski definition) is 3. The quantitative estimate of drug-likeness (QED) is 0.938. The number of fused-ring (bicyclic) bond motifs is 1. The molecule has 2 aromatic rings. The van der Waals surface area contributed by atoms with Gasteiger partial charge in [-0.3, -0.25) is 0 Å². The van der Waals surface area contributed by atoms with E-state index in [2.05, 4.69) is 49.3 Å². The third kappa shape index (κ3) is 3.09. The maximum absolute atomic E-state index is 10.1. The van der Waals surface area contributed by atoms with Gasteiger partial charge in [-0.2, -0.15) is 0 Å². The Bertz CT molecular complexity index is 620. The second kappa shape index (κ2) is 5.88. The topological polar surface area (TPSA) is 32.7 Å². The first kappa shape index (κ1) is 14.1. The Hall–Kier alpha value is -1.84. The highest BCUT2D eigenvalue weighted by atomic mass is 16.5. The van der Waals surface area contributed by atoms with Crippen molar-refractivity contribution in [2.45, 2.75) is 19.1 Å². The molecular formula is C18H21NO2. The van der Waals surface area contributed by atoms with E-state index >= 15 is 0 Å². The molecule has 21 heavy (non-hydrogen) atoms. The molecule has 0 aliphatic carbocycles. The van der Waals surface area contributed by atoms with Gasteiger partial charge in [0.2, 0.25) is 0 Å². The van der Waals surface area contributed by atoms with Crippen molar-refractivity contribution in [1.82, 2.24) is 4.90 Å². The highest BCUT2D eigenvalue weighted by Crippen LogP contribution is 2.35. The molecule has 0 bridgehead atoms. The number of rotatable bonds is 3. The van der Waals surface area contributed by atoms with E-state index in [1.165, 1.54) is 5.56 Å². The molecule has 3 heteroatoms. The van der Waals surface area contributed by atoms with Gasteiger partial charge >= 0.3 is 0 Å². The zero-order chi connectivity index (χ0) is 14.8. The number of hydrogen-bond donors (Lipinski definition) is 1. The summed E-state index contributed by atoms with van der Waals surface area (Å²) < 4.78 is 5.58. The summed E-state index contributed by atoms with van der Waals surface area (Å²) in [6, 6.07) is 14.6. The molecular weight excluding hydrogens is 262 g/mol. The standard InChI is InChI=1S/C18H21NO2/c1-19(2)12-13-3-5-14(6-4-13)15-7-8-18-16(11-15)17(20)9-10-21-18/h3-8,11,17,20H,9-10,12H2,1-2H3/t17-/m0/s1. The van der Waals surface area contributed by atoms with E-state index in [1.54, 1.807) is 0 Å². The van der Waals surface area contributed by atoms with Gasteiger partial charge in [0.1, 0.15) is 5.75 Å². The van der Waals surface area contributed by atoms with Crippen molar-refractivity contribution in [3.63, 3.8) is 0 Å². The van der Waals surface area contributed by atoms with Gasteiger partial charge in [0.15, 0.2) is 0 Å². The number of ether oxygens (including phenoxy) is 1. The Kier molecular flexibility index (Phi) is 3.95. The molecule has 0 spiro atoms. The second-order valence-electron chi connectivity index (χ2n) is 5.84. The normalized spacial score (nSPS) is 17.4. The van der Waals surface area contributed by atoms with Crippen LogP contribution in [0.5, 0.6) is 5.75 Å². The zero-order valence-electron chi connectivity index (χ0n) is 12.5. The van der Waals surface area contributed by atoms with E-state index in [4.69, 9.17) is 4.74 Å². The summed E-state index contributed by atoms with van der Waals surface area (Å²) in [5.74, 6) is 0.807. The first-order valence-electron chi connectivity index (χ1n) is 7.32. The van der Waals surface area contributed by atoms with Crippen LogP contribution in [0.4, 0.5) is 0 Å². The molecule has 2 aromatic carbocycles. The fourth-order valence-corrected chi connectivity index (χ4v) is 2.72. The second-order valence-corrected chi connectivity index (χ2v) is 5.84. The SMILES string of the molecule is CN(C)Cc1ccc(-c2ccc3c(c2)[C@@H](O)CCO3)cc1. The summed E-state index contributed by atoms with van der Waals surface area (Å²) >= 11 is 0. The monoisotopic (exact) mass is 283 g/mol. The van der Waals surface area contributed by atoms with Gasteiger partial charge in [-0.1, -0.05) is 30.3 Å². The van der Waals surface area contributed by atoms with Gasteiger partial charge in [-0.25, -0.2) is 0 Å². The molecule has 0 unspecified atom stereocenters. The zero-order valence-corrected chi connectivity index (χ0v) is 12.5. The van der Waals surface area contributed by atoms with Crippen molar-refractivity contribution in [3.8, 4) is 16.9 Å². The number of benzene rings is 2. The molecule has 1 aliphatic rings. The summed E-state index contributed by atoms with van der Waals surface area (Å²) in [4.78, 5) is 2.15. The van der Waals surface area contributed by atoms with Crippen LogP contribution < -0.4 is 4.74 Å². The van der Waals surface area contributed by atoms with Gasteiger partial charge < -0.3 is 14.7 Å². The van der Waals surface area contributed by atoms with Crippen molar-refractivity contribution in [2.75, 3.05) is 20.7 Å². The number of nitrogens with zero attached hydrogens (tertiary/aromatic N) is 1. The maximum Gasteiger partial charge on any atom is 0.125 e. The van der Waals surface area contributed by atoms with Crippen LogP contribution in [0.1, 0.15) is 23.7 Å².